The average Bonchev–Trinajstić information content (AvgIpc) is 3.25. The van der Waals surface area contributed by atoms with Gasteiger partial charge in [0, 0.05) is 12.2 Å². The highest BCUT2D eigenvalue weighted by Gasteiger charge is 2.53. The molecule has 2 amide bonds. The number of carbonyl (C=O) groups excluding carboxylic acids is 2. The normalized spacial score (nSPS) is 26.5. The van der Waals surface area contributed by atoms with Crippen molar-refractivity contribution in [1.82, 2.24) is 20.2 Å². The third-order valence-corrected chi connectivity index (χ3v) is 6.92. The molecule has 0 saturated carbocycles. The summed E-state index contributed by atoms with van der Waals surface area (Å²) in [6.45, 7) is 6.19. The molecule has 1 aromatic carbocycles. The van der Waals surface area contributed by atoms with Gasteiger partial charge in [-0.05, 0) is 31.4 Å². The molecule has 2 aromatic rings. The minimum atomic E-state index is -0.398. The van der Waals surface area contributed by atoms with Crippen LogP contribution in [-0.2, 0) is 9.59 Å². The number of aromatic nitrogens is 2. The molecule has 2 aliphatic heterocycles. The highest BCUT2D eigenvalue weighted by Crippen LogP contribution is 2.47. The molecular weight excluding hydrogens is 348 g/mol. The number of fused-ring (bicyclic) bond motifs is 2. The number of hydrogen-bond donors (Lipinski definition) is 2. The van der Waals surface area contributed by atoms with Crippen LogP contribution in [0.2, 0.25) is 0 Å². The number of amides is 2. The van der Waals surface area contributed by atoms with E-state index in [0.717, 1.165) is 23.3 Å². The van der Waals surface area contributed by atoms with Crippen molar-refractivity contribution in [2.24, 2.45) is 5.92 Å². The first-order chi connectivity index (χ1) is 12.4. The summed E-state index contributed by atoms with van der Waals surface area (Å²) in [5.74, 6) is 1.59. The van der Waals surface area contributed by atoms with E-state index in [0.29, 0.717) is 12.2 Å². The zero-order valence-corrected chi connectivity index (χ0v) is 16.1. The molecular formula is C19H24N4O2S. The number of hydrogen-bond acceptors (Lipinski definition) is 4. The summed E-state index contributed by atoms with van der Waals surface area (Å²) in [7, 11) is 0. The number of thioether (sulfide) groups is 1. The Morgan fingerprint density at radius 3 is 2.92 bits per heavy atom. The second-order valence-electron chi connectivity index (χ2n) is 7.64. The number of nitrogens with zero attached hydrogens (tertiary/aromatic N) is 2. The molecule has 0 bridgehead atoms. The number of benzene rings is 1. The molecule has 2 fully saturated rings. The maximum Gasteiger partial charge on any atom is 0.244 e. The molecule has 2 N–H and O–H groups in total. The number of aromatic amines is 1. The Hall–Kier alpha value is -2.02. The minimum Gasteiger partial charge on any atom is -0.344 e. The number of H-pyrrole nitrogens is 1. The third kappa shape index (κ3) is 2.78. The first kappa shape index (κ1) is 17.4. The van der Waals surface area contributed by atoms with Crippen LogP contribution in [0.25, 0.3) is 11.0 Å². The van der Waals surface area contributed by atoms with Gasteiger partial charge in [0.2, 0.25) is 11.8 Å². The fourth-order valence-corrected chi connectivity index (χ4v) is 5.37. The number of rotatable bonds is 4. The van der Waals surface area contributed by atoms with Crippen molar-refractivity contribution < 1.29 is 9.59 Å². The smallest absolute Gasteiger partial charge is 0.244 e. The van der Waals surface area contributed by atoms with E-state index in [1.807, 2.05) is 24.3 Å². The zero-order chi connectivity index (χ0) is 18.5. The molecule has 0 spiro atoms. The van der Waals surface area contributed by atoms with Crippen LogP contribution in [0.1, 0.15) is 45.5 Å². The van der Waals surface area contributed by atoms with E-state index in [9.17, 15) is 9.59 Å². The van der Waals surface area contributed by atoms with E-state index in [-0.39, 0.29) is 28.6 Å². The van der Waals surface area contributed by atoms with Gasteiger partial charge in [-0.3, -0.25) is 9.59 Å². The largest absolute Gasteiger partial charge is 0.344 e. The van der Waals surface area contributed by atoms with E-state index in [1.165, 1.54) is 0 Å². The van der Waals surface area contributed by atoms with Crippen LogP contribution < -0.4 is 5.32 Å². The van der Waals surface area contributed by atoms with Gasteiger partial charge in [0.25, 0.3) is 0 Å². The number of carbonyl (C=O) groups is 2. The van der Waals surface area contributed by atoms with Gasteiger partial charge in [-0.15, -0.1) is 11.8 Å². The standard InChI is InChI=1S/C19H24N4O2S/c1-11(2)16(17-20-12-6-4-5-7-13(12)21-17)22-18(25)14-10-26-19(3)9-8-15(24)23(14)19/h4-7,11,14,16H,8-10H2,1-3H3,(H,20,21)(H,22,25). The van der Waals surface area contributed by atoms with Crippen molar-refractivity contribution in [3.63, 3.8) is 0 Å². The quantitative estimate of drug-likeness (QED) is 0.865. The lowest BCUT2D eigenvalue weighted by atomic mass is 10.0. The fourth-order valence-electron chi connectivity index (χ4n) is 3.93. The molecule has 3 heterocycles. The zero-order valence-electron chi connectivity index (χ0n) is 15.3. The van der Waals surface area contributed by atoms with Crippen molar-refractivity contribution in [3.05, 3.63) is 30.1 Å². The van der Waals surface area contributed by atoms with Crippen molar-refractivity contribution in [2.45, 2.75) is 50.6 Å². The summed E-state index contributed by atoms with van der Waals surface area (Å²) in [4.78, 5) is 34.9. The lowest BCUT2D eigenvalue weighted by molar-refractivity contribution is -0.138. The molecule has 0 aliphatic carbocycles. The Kier molecular flexibility index (Phi) is 4.22. The average molecular weight is 372 g/mol. The van der Waals surface area contributed by atoms with Gasteiger partial charge in [0.15, 0.2) is 0 Å². The van der Waals surface area contributed by atoms with Crippen molar-refractivity contribution in [3.8, 4) is 0 Å². The molecule has 0 radical (unpaired) electrons. The molecule has 138 valence electrons. The summed E-state index contributed by atoms with van der Waals surface area (Å²) in [5, 5.41) is 3.15. The summed E-state index contributed by atoms with van der Waals surface area (Å²) in [6.07, 6.45) is 1.35. The van der Waals surface area contributed by atoms with Crippen LogP contribution in [0.5, 0.6) is 0 Å². The van der Waals surface area contributed by atoms with Crippen LogP contribution in [0.15, 0.2) is 24.3 Å². The van der Waals surface area contributed by atoms with Gasteiger partial charge in [-0.1, -0.05) is 26.0 Å². The van der Waals surface area contributed by atoms with Gasteiger partial charge in [0.1, 0.15) is 11.9 Å². The second kappa shape index (κ2) is 6.30. The molecule has 2 saturated heterocycles. The third-order valence-electron chi connectivity index (χ3n) is 5.41. The second-order valence-corrected chi connectivity index (χ2v) is 9.14. The molecule has 4 rings (SSSR count). The van der Waals surface area contributed by atoms with Gasteiger partial charge in [0.05, 0.1) is 21.9 Å². The Balaban J connectivity index is 1.57. The highest BCUT2D eigenvalue weighted by molar-refractivity contribution is 8.01. The number of imidazole rings is 1. The molecule has 26 heavy (non-hydrogen) atoms. The minimum absolute atomic E-state index is 0.0856. The monoisotopic (exact) mass is 372 g/mol. The Bertz CT molecular complexity index is 831. The molecule has 1 aromatic heterocycles. The Morgan fingerprint density at radius 1 is 1.42 bits per heavy atom. The highest BCUT2D eigenvalue weighted by atomic mass is 32.2. The summed E-state index contributed by atoms with van der Waals surface area (Å²) < 4.78 is 0. The lowest BCUT2D eigenvalue weighted by Gasteiger charge is -2.31. The molecule has 6 nitrogen and oxygen atoms in total. The van der Waals surface area contributed by atoms with E-state index in [1.54, 1.807) is 16.7 Å². The van der Waals surface area contributed by atoms with Crippen LogP contribution in [0.3, 0.4) is 0 Å². The number of para-hydroxylation sites is 2. The van der Waals surface area contributed by atoms with Gasteiger partial charge < -0.3 is 15.2 Å². The fraction of sp³-hybridized carbons (Fsp3) is 0.526. The topological polar surface area (TPSA) is 78.1 Å². The molecule has 7 heteroatoms. The van der Waals surface area contributed by atoms with E-state index in [2.05, 4.69) is 36.1 Å². The van der Waals surface area contributed by atoms with E-state index in [4.69, 9.17) is 0 Å². The lowest BCUT2D eigenvalue weighted by Crippen LogP contribution is -2.51. The molecule has 3 unspecified atom stereocenters. The van der Waals surface area contributed by atoms with Crippen molar-refractivity contribution in [1.29, 1.82) is 0 Å². The van der Waals surface area contributed by atoms with Gasteiger partial charge in [-0.2, -0.15) is 0 Å². The maximum absolute atomic E-state index is 13.0. The Morgan fingerprint density at radius 2 is 2.19 bits per heavy atom. The summed E-state index contributed by atoms with van der Waals surface area (Å²) in [6, 6.07) is 7.23. The van der Waals surface area contributed by atoms with Crippen LogP contribution in [0.4, 0.5) is 0 Å². The molecule has 3 atom stereocenters. The SMILES string of the molecule is CC(C)C(NC(=O)C1CSC2(C)CCC(=O)N12)c1nc2ccccc2[nH]1. The predicted octanol–water partition coefficient (Wildman–Crippen LogP) is 2.83. The maximum atomic E-state index is 13.0. The van der Waals surface area contributed by atoms with Crippen molar-refractivity contribution >= 4 is 34.6 Å². The van der Waals surface area contributed by atoms with Crippen molar-refractivity contribution in [2.75, 3.05) is 5.75 Å². The van der Waals surface area contributed by atoms with Crippen LogP contribution in [0, 0.1) is 5.92 Å². The van der Waals surface area contributed by atoms with Gasteiger partial charge in [-0.25, -0.2) is 4.98 Å². The number of nitrogens with one attached hydrogen (secondary N) is 2. The van der Waals surface area contributed by atoms with Crippen LogP contribution in [-0.4, -0.2) is 43.3 Å². The van der Waals surface area contributed by atoms with Gasteiger partial charge >= 0.3 is 0 Å². The van der Waals surface area contributed by atoms with E-state index >= 15 is 0 Å². The first-order valence-electron chi connectivity index (χ1n) is 9.10. The first-order valence-corrected chi connectivity index (χ1v) is 10.1. The Labute approximate surface area is 157 Å². The summed E-state index contributed by atoms with van der Waals surface area (Å²) in [5.41, 5.74) is 1.85. The summed E-state index contributed by atoms with van der Waals surface area (Å²) >= 11 is 1.71. The predicted molar refractivity (Wildman–Crippen MR) is 103 cm³/mol. The van der Waals surface area contributed by atoms with E-state index < -0.39 is 6.04 Å². The molecule has 2 aliphatic rings. The van der Waals surface area contributed by atoms with Crippen LogP contribution >= 0.6 is 11.8 Å².